The topological polar surface area (TPSA) is 116 Å². The molecule has 0 aliphatic heterocycles. The number of aryl methyl sites for hydroxylation is 1. The molecule has 0 saturated carbocycles. The van der Waals surface area contributed by atoms with Gasteiger partial charge in [-0.05, 0) is 49.4 Å². The molecule has 3 aromatic rings. The number of hydrogen-bond donors (Lipinski definition) is 1. The molecule has 0 atom stereocenters. The Morgan fingerprint density at radius 1 is 1.22 bits per heavy atom. The Bertz CT molecular complexity index is 1190. The van der Waals surface area contributed by atoms with E-state index in [0.717, 1.165) is 6.08 Å². The van der Waals surface area contributed by atoms with Gasteiger partial charge in [0.1, 0.15) is 11.0 Å². The van der Waals surface area contributed by atoms with Crippen LogP contribution in [0, 0.1) is 22.9 Å². The van der Waals surface area contributed by atoms with Gasteiger partial charge in [0, 0.05) is 29.5 Å². The largest absolute Gasteiger partial charge is 0.452 e. The SMILES string of the molecule is Cc1nn(-c2ccc(F)cc2)c(Cl)c1/C=C/C(=O)OCC(=O)Nc1ccc([N+](=O)[O-])cc1. The molecule has 0 aliphatic carbocycles. The van der Waals surface area contributed by atoms with Crippen molar-refractivity contribution in [3.05, 3.63) is 86.9 Å². The third-order valence-electron chi connectivity index (χ3n) is 4.21. The van der Waals surface area contributed by atoms with Gasteiger partial charge in [-0.1, -0.05) is 11.6 Å². The van der Waals surface area contributed by atoms with Gasteiger partial charge in [0.2, 0.25) is 0 Å². The van der Waals surface area contributed by atoms with Gasteiger partial charge in [-0.2, -0.15) is 5.10 Å². The van der Waals surface area contributed by atoms with Crippen LogP contribution in [0.25, 0.3) is 11.8 Å². The van der Waals surface area contributed by atoms with Gasteiger partial charge in [0.05, 0.1) is 16.3 Å². The Morgan fingerprint density at radius 3 is 2.50 bits per heavy atom. The fourth-order valence-electron chi connectivity index (χ4n) is 2.65. The molecule has 0 radical (unpaired) electrons. The highest BCUT2D eigenvalue weighted by Crippen LogP contribution is 2.25. The van der Waals surface area contributed by atoms with Crippen LogP contribution < -0.4 is 5.32 Å². The van der Waals surface area contributed by atoms with Crippen LogP contribution in [0.1, 0.15) is 11.3 Å². The van der Waals surface area contributed by atoms with Crippen LogP contribution in [0.4, 0.5) is 15.8 Å². The van der Waals surface area contributed by atoms with Crippen LogP contribution in [-0.4, -0.2) is 33.2 Å². The zero-order chi connectivity index (χ0) is 23.3. The molecule has 0 bridgehead atoms. The number of carbonyl (C=O) groups excluding carboxylic acids is 2. The number of non-ortho nitro benzene ring substituents is 1. The van der Waals surface area contributed by atoms with Crippen LogP contribution in [0.2, 0.25) is 5.15 Å². The molecule has 0 unspecified atom stereocenters. The molecule has 1 amide bonds. The second-order valence-corrected chi connectivity index (χ2v) is 6.83. The standard InChI is InChI=1S/C21H16ClFN4O5/c1-13-18(21(22)26(25-13)16-6-2-14(23)3-7-16)10-11-20(29)32-12-19(28)24-15-4-8-17(9-5-15)27(30)31/h2-11H,12H2,1H3,(H,24,28)/b11-10+. The summed E-state index contributed by atoms with van der Waals surface area (Å²) in [4.78, 5) is 33.9. The Labute approximate surface area is 186 Å². The summed E-state index contributed by atoms with van der Waals surface area (Å²) in [7, 11) is 0. The first kappa shape index (κ1) is 22.6. The van der Waals surface area contributed by atoms with E-state index >= 15 is 0 Å². The van der Waals surface area contributed by atoms with Crippen molar-refractivity contribution in [2.75, 3.05) is 11.9 Å². The Balaban J connectivity index is 1.58. The molecule has 32 heavy (non-hydrogen) atoms. The monoisotopic (exact) mass is 458 g/mol. The van der Waals surface area contributed by atoms with Crippen LogP contribution in [0.5, 0.6) is 0 Å². The highest BCUT2D eigenvalue weighted by Gasteiger charge is 2.14. The maximum atomic E-state index is 13.1. The predicted octanol–water partition coefficient (Wildman–Crippen LogP) is 4.08. The molecular formula is C21H16ClFN4O5. The first-order valence-corrected chi connectivity index (χ1v) is 9.52. The van der Waals surface area contributed by atoms with Gasteiger partial charge in [0.25, 0.3) is 11.6 Å². The van der Waals surface area contributed by atoms with Crippen molar-refractivity contribution in [3.8, 4) is 5.69 Å². The number of ether oxygens (including phenoxy) is 1. The van der Waals surface area contributed by atoms with Crippen LogP contribution >= 0.6 is 11.6 Å². The minimum absolute atomic E-state index is 0.115. The zero-order valence-corrected chi connectivity index (χ0v) is 17.4. The number of amides is 1. The number of benzene rings is 2. The second kappa shape index (κ2) is 9.84. The van der Waals surface area contributed by atoms with Gasteiger partial charge in [-0.3, -0.25) is 14.9 Å². The average Bonchev–Trinajstić information content (AvgIpc) is 3.05. The number of carbonyl (C=O) groups is 2. The number of hydrogen-bond acceptors (Lipinski definition) is 6. The normalized spacial score (nSPS) is 10.8. The average molecular weight is 459 g/mol. The van der Waals surface area contributed by atoms with E-state index in [0.29, 0.717) is 22.6 Å². The molecule has 11 heteroatoms. The molecule has 0 saturated heterocycles. The van der Waals surface area contributed by atoms with E-state index < -0.39 is 29.2 Å². The number of nitrogens with zero attached hydrogens (tertiary/aromatic N) is 3. The minimum atomic E-state index is -0.783. The van der Waals surface area contributed by atoms with Crippen LogP contribution in [-0.2, 0) is 14.3 Å². The Hall–Kier alpha value is -4.05. The maximum Gasteiger partial charge on any atom is 0.331 e. The summed E-state index contributed by atoms with van der Waals surface area (Å²) < 4.78 is 19.4. The summed E-state index contributed by atoms with van der Waals surface area (Å²) in [5.41, 5.74) is 1.74. The summed E-state index contributed by atoms with van der Waals surface area (Å²) in [5.74, 6) is -1.79. The summed E-state index contributed by atoms with van der Waals surface area (Å²) >= 11 is 6.33. The lowest BCUT2D eigenvalue weighted by atomic mass is 10.2. The van der Waals surface area contributed by atoms with Crippen molar-refractivity contribution in [1.82, 2.24) is 9.78 Å². The fourth-order valence-corrected chi connectivity index (χ4v) is 2.99. The van der Waals surface area contributed by atoms with E-state index in [1.54, 1.807) is 6.92 Å². The van der Waals surface area contributed by atoms with Crippen molar-refractivity contribution in [2.45, 2.75) is 6.92 Å². The predicted molar refractivity (Wildman–Crippen MR) is 115 cm³/mol. The molecule has 2 aromatic carbocycles. The van der Waals surface area contributed by atoms with Crippen molar-refractivity contribution >= 4 is 40.9 Å². The molecule has 1 N–H and O–H groups in total. The number of rotatable bonds is 7. The van der Waals surface area contributed by atoms with Gasteiger partial charge >= 0.3 is 5.97 Å². The summed E-state index contributed by atoms with van der Waals surface area (Å²) in [6.45, 7) is 1.14. The van der Waals surface area contributed by atoms with E-state index in [1.165, 1.54) is 59.3 Å². The van der Waals surface area contributed by atoms with Crippen molar-refractivity contribution in [3.63, 3.8) is 0 Å². The lowest BCUT2D eigenvalue weighted by Crippen LogP contribution is -2.20. The highest BCUT2D eigenvalue weighted by molar-refractivity contribution is 6.31. The zero-order valence-electron chi connectivity index (χ0n) is 16.6. The third kappa shape index (κ3) is 5.55. The summed E-state index contributed by atoms with van der Waals surface area (Å²) in [6, 6.07) is 10.8. The molecule has 164 valence electrons. The lowest BCUT2D eigenvalue weighted by Gasteiger charge is -2.05. The van der Waals surface area contributed by atoms with Gasteiger partial charge in [-0.15, -0.1) is 0 Å². The highest BCUT2D eigenvalue weighted by atomic mass is 35.5. The lowest BCUT2D eigenvalue weighted by molar-refractivity contribution is -0.384. The molecule has 0 spiro atoms. The quantitative estimate of drug-likeness (QED) is 0.247. The Kier molecular flexibility index (Phi) is 6.96. The molecular weight excluding hydrogens is 443 g/mol. The number of nitro benzene ring substituents is 1. The number of halogens is 2. The number of anilines is 1. The molecule has 9 nitrogen and oxygen atoms in total. The smallest absolute Gasteiger partial charge is 0.331 e. The van der Waals surface area contributed by atoms with E-state index in [-0.39, 0.29) is 10.8 Å². The van der Waals surface area contributed by atoms with Crippen LogP contribution in [0.3, 0.4) is 0 Å². The summed E-state index contributed by atoms with van der Waals surface area (Å²) in [5, 5.41) is 17.6. The number of nitrogens with one attached hydrogen (secondary N) is 1. The van der Waals surface area contributed by atoms with Gasteiger partial charge < -0.3 is 10.1 Å². The summed E-state index contributed by atoms with van der Waals surface area (Å²) in [6.07, 6.45) is 2.51. The fraction of sp³-hybridized carbons (Fsp3) is 0.0952. The molecule has 0 aliphatic rings. The Morgan fingerprint density at radius 2 is 1.88 bits per heavy atom. The molecule has 1 heterocycles. The van der Waals surface area contributed by atoms with E-state index in [9.17, 15) is 24.1 Å². The minimum Gasteiger partial charge on any atom is -0.452 e. The van der Waals surface area contributed by atoms with Gasteiger partial charge in [-0.25, -0.2) is 13.9 Å². The van der Waals surface area contributed by atoms with E-state index in [4.69, 9.17) is 16.3 Å². The molecule has 3 rings (SSSR count). The third-order valence-corrected chi connectivity index (χ3v) is 4.58. The molecule has 0 fully saturated rings. The van der Waals surface area contributed by atoms with E-state index in [1.807, 2.05) is 0 Å². The van der Waals surface area contributed by atoms with E-state index in [2.05, 4.69) is 10.4 Å². The maximum absolute atomic E-state index is 13.1. The van der Waals surface area contributed by atoms with Crippen molar-refractivity contribution < 1.29 is 23.6 Å². The first-order valence-electron chi connectivity index (χ1n) is 9.15. The van der Waals surface area contributed by atoms with Gasteiger partial charge in [0.15, 0.2) is 6.61 Å². The second-order valence-electron chi connectivity index (χ2n) is 6.47. The first-order chi connectivity index (χ1) is 15.2. The number of nitro groups is 1. The van der Waals surface area contributed by atoms with Crippen LogP contribution in [0.15, 0.2) is 54.6 Å². The van der Waals surface area contributed by atoms with Crippen molar-refractivity contribution in [1.29, 1.82) is 0 Å². The number of aromatic nitrogens is 2. The van der Waals surface area contributed by atoms with Crippen molar-refractivity contribution in [2.24, 2.45) is 0 Å². The molecule has 1 aromatic heterocycles. The number of esters is 1.